The van der Waals surface area contributed by atoms with Crippen LogP contribution in [-0.4, -0.2) is 5.91 Å². The molecule has 0 fully saturated rings. The minimum atomic E-state index is -0.0403. The van der Waals surface area contributed by atoms with Crippen LogP contribution in [-0.2, 0) is 11.2 Å². The number of benzene rings is 2. The van der Waals surface area contributed by atoms with Gasteiger partial charge in [0.05, 0.1) is 6.04 Å². The van der Waals surface area contributed by atoms with E-state index in [0.717, 1.165) is 29.8 Å². The summed E-state index contributed by atoms with van der Waals surface area (Å²) in [5.41, 5.74) is 5.82. The summed E-state index contributed by atoms with van der Waals surface area (Å²) in [5.74, 6) is -0.0403. The normalized spacial score (nSPS) is 16.4. The van der Waals surface area contributed by atoms with Crippen LogP contribution >= 0.6 is 0 Å². The molecule has 1 atom stereocenters. The number of anilines is 2. The van der Waals surface area contributed by atoms with E-state index in [-0.39, 0.29) is 5.91 Å². The topological polar surface area (TPSA) is 41.1 Å². The maximum absolute atomic E-state index is 11.3. The maximum atomic E-state index is 11.3. The van der Waals surface area contributed by atoms with Crippen molar-refractivity contribution in [3.8, 4) is 0 Å². The lowest BCUT2D eigenvalue weighted by Gasteiger charge is -2.17. The zero-order chi connectivity index (χ0) is 14.8. The number of hydrogen-bond donors (Lipinski definition) is 2. The molecule has 0 radical (unpaired) electrons. The van der Waals surface area contributed by atoms with Crippen LogP contribution in [0, 0.1) is 6.92 Å². The first-order valence-electron chi connectivity index (χ1n) is 7.36. The molecule has 2 aromatic carbocycles. The molecule has 21 heavy (non-hydrogen) atoms. The fourth-order valence-corrected chi connectivity index (χ4v) is 2.94. The summed E-state index contributed by atoms with van der Waals surface area (Å²) in [6, 6.07) is 15.1. The summed E-state index contributed by atoms with van der Waals surface area (Å²) in [5, 5.41) is 6.47. The van der Waals surface area contributed by atoms with E-state index in [4.69, 9.17) is 0 Å². The minimum Gasteiger partial charge on any atom is -0.378 e. The second-order valence-electron chi connectivity index (χ2n) is 5.65. The van der Waals surface area contributed by atoms with Gasteiger partial charge in [-0.2, -0.15) is 0 Å². The van der Waals surface area contributed by atoms with Gasteiger partial charge in [0.2, 0.25) is 5.91 Å². The van der Waals surface area contributed by atoms with Crippen molar-refractivity contribution in [2.45, 2.75) is 32.7 Å². The quantitative estimate of drug-likeness (QED) is 0.890. The third kappa shape index (κ3) is 2.92. The molecule has 0 saturated heterocycles. The molecule has 3 nitrogen and oxygen atoms in total. The van der Waals surface area contributed by atoms with Gasteiger partial charge in [0, 0.05) is 18.3 Å². The third-order valence-electron chi connectivity index (χ3n) is 4.02. The summed E-state index contributed by atoms with van der Waals surface area (Å²) < 4.78 is 0. The fraction of sp³-hybridized carbons (Fsp3) is 0.278. The van der Waals surface area contributed by atoms with E-state index >= 15 is 0 Å². The number of carbonyl (C=O) groups is 1. The van der Waals surface area contributed by atoms with Gasteiger partial charge in [-0.1, -0.05) is 30.3 Å². The molecule has 0 aliphatic heterocycles. The second-order valence-corrected chi connectivity index (χ2v) is 5.65. The van der Waals surface area contributed by atoms with Crippen LogP contribution in [0.25, 0.3) is 0 Å². The number of aryl methyl sites for hydroxylation is 2. The molecule has 2 aromatic rings. The Morgan fingerprint density at radius 1 is 1.19 bits per heavy atom. The first-order valence-corrected chi connectivity index (χ1v) is 7.36. The van der Waals surface area contributed by atoms with Crippen LogP contribution in [0.3, 0.4) is 0 Å². The number of hydrogen-bond acceptors (Lipinski definition) is 2. The summed E-state index contributed by atoms with van der Waals surface area (Å²) in [7, 11) is 0. The van der Waals surface area contributed by atoms with Crippen LogP contribution < -0.4 is 10.6 Å². The molecule has 1 aliphatic rings. The summed E-state index contributed by atoms with van der Waals surface area (Å²) in [4.78, 5) is 11.3. The Kier molecular flexibility index (Phi) is 3.65. The van der Waals surface area contributed by atoms with E-state index in [0.29, 0.717) is 6.04 Å². The van der Waals surface area contributed by atoms with Crippen molar-refractivity contribution >= 4 is 17.3 Å². The predicted octanol–water partition coefficient (Wildman–Crippen LogP) is 4.05. The summed E-state index contributed by atoms with van der Waals surface area (Å²) in [6.45, 7) is 3.53. The molecule has 0 saturated carbocycles. The highest BCUT2D eigenvalue weighted by atomic mass is 16.1. The lowest BCUT2D eigenvalue weighted by Crippen LogP contribution is -2.10. The monoisotopic (exact) mass is 280 g/mol. The van der Waals surface area contributed by atoms with Gasteiger partial charge < -0.3 is 10.6 Å². The van der Waals surface area contributed by atoms with Crippen LogP contribution in [0.5, 0.6) is 0 Å². The lowest BCUT2D eigenvalue weighted by molar-refractivity contribution is -0.114. The molecule has 0 spiro atoms. The number of nitrogens with one attached hydrogen (secondary N) is 2. The largest absolute Gasteiger partial charge is 0.378 e. The Hall–Kier alpha value is -2.29. The molecule has 0 bridgehead atoms. The van der Waals surface area contributed by atoms with Gasteiger partial charge in [-0.3, -0.25) is 4.79 Å². The number of amides is 1. The minimum absolute atomic E-state index is 0.0403. The third-order valence-corrected chi connectivity index (χ3v) is 4.02. The second kappa shape index (κ2) is 5.60. The molecule has 108 valence electrons. The zero-order valence-corrected chi connectivity index (χ0v) is 12.4. The van der Waals surface area contributed by atoms with E-state index < -0.39 is 0 Å². The van der Waals surface area contributed by atoms with Crippen LogP contribution in [0.4, 0.5) is 11.4 Å². The van der Waals surface area contributed by atoms with Crippen LogP contribution in [0.2, 0.25) is 0 Å². The van der Waals surface area contributed by atoms with Crippen molar-refractivity contribution < 1.29 is 4.79 Å². The van der Waals surface area contributed by atoms with Gasteiger partial charge in [0.1, 0.15) is 0 Å². The Labute approximate surface area is 125 Å². The van der Waals surface area contributed by atoms with Crippen molar-refractivity contribution in [2.24, 2.45) is 0 Å². The highest BCUT2D eigenvalue weighted by molar-refractivity contribution is 5.90. The van der Waals surface area contributed by atoms with Gasteiger partial charge in [-0.25, -0.2) is 0 Å². The average Bonchev–Trinajstić information content (AvgIpc) is 2.85. The summed E-state index contributed by atoms with van der Waals surface area (Å²) in [6.07, 6.45) is 2.24. The van der Waals surface area contributed by atoms with Crippen molar-refractivity contribution in [1.82, 2.24) is 0 Å². The standard InChI is InChI=1S/C18H20N2O/c1-12-7-9-15(11-18(12)19-13(2)21)20-17-10-8-14-5-3-4-6-16(14)17/h3-7,9,11,17,20H,8,10H2,1-2H3,(H,19,21). The predicted molar refractivity (Wildman–Crippen MR) is 86.6 cm³/mol. The van der Waals surface area contributed by atoms with Crippen LogP contribution in [0.1, 0.15) is 36.1 Å². The van der Waals surface area contributed by atoms with Crippen LogP contribution in [0.15, 0.2) is 42.5 Å². The first kappa shape index (κ1) is 13.7. The highest BCUT2D eigenvalue weighted by Gasteiger charge is 2.21. The Morgan fingerprint density at radius 2 is 2.00 bits per heavy atom. The van der Waals surface area contributed by atoms with Gasteiger partial charge in [-0.15, -0.1) is 0 Å². The molecule has 0 heterocycles. The fourth-order valence-electron chi connectivity index (χ4n) is 2.94. The molecule has 0 aromatic heterocycles. The van der Waals surface area contributed by atoms with Crippen molar-refractivity contribution in [1.29, 1.82) is 0 Å². The van der Waals surface area contributed by atoms with Gasteiger partial charge in [-0.05, 0) is 48.6 Å². The number of carbonyl (C=O) groups excluding carboxylic acids is 1. The van der Waals surface area contributed by atoms with E-state index in [9.17, 15) is 4.79 Å². The van der Waals surface area contributed by atoms with Crippen molar-refractivity contribution in [3.63, 3.8) is 0 Å². The van der Waals surface area contributed by atoms with Gasteiger partial charge in [0.15, 0.2) is 0 Å². The van der Waals surface area contributed by atoms with Crippen molar-refractivity contribution in [3.05, 3.63) is 59.2 Å². The van der Waals surface area contributed by atoms with E-state index in [2.05, 4.69) is 41.0 Å². The van der Waals surface area contributed by atoms with Crippen molar-refractivity contribution in [2.75, 3.05) is 10.6 Å². The smallest absolute Gasteiger partial charge is 0.221 e. The SMILES string of the molecule is CC(=O)Nc1cc(NC2CCc3ccccc32)ccc1C. The Bertz CT molecular complexity index is 679. The van der Waals surface area contributed by atoms with E-state index in [1.165, 1.54) is 18.1 Å². The molecule has 1 aliphatic carbocycles. The lowest BCUT2D eigenvalue weighted by atomic mass is 10.1. The average molecular weight is 280 g/mol. The molecule has 1 unspecified atom stereocenters. The van der Waals surface area contributed by atoms with Gasteiger partial charge >= 0.3 is 0 Å². The molecule has 2 N–H and O–H groups in total. The summed E-state index contributed by atoms with van der Waals surface area (Å²) >= 11 is 0. The van der Waals surface area contributed by atoms with E-state index in [1.54, 1.807) is 0 Å². The molecular formula is C18H20N2O. The molecule has 3 heteroatoms. The molecule has 1 amide bonds. The Balaban J connectivity index is 1.81. The highest BCUT2D eigenvalue weighted by Crippen LogP contribution is 2.34. The van der Waals surface area contributed by atoms with E-state index in [1.807, 2.05) is 19.1 Å². The van der Waals surface area contributed by atoms with Gasteiger partial charge in [0.25, 0.3) is 0 Å². The zero-order valence-electron chi connectivity index (χ0n) is 12.4. The number of fused-ring (bicyclic) bond motifs is 1. The molecule has 3 rings (SSSR count). The first-order chi connectivity index (χ1) is 10.1. The molecular weight excluding hydrogens is 260 g/mol. The number of rotatable bonds is 3. The Morgan fingerprint density at radius 3 is 2.81 bits per heavy atom. The maximum Gasteiger partial charge on any atom is 0.221 e.